The summed E-state index contributed by atoms with van der Waals surface area (Å²) >= 11 is 5.89. The second-order valence-electron chi connectivity index (χ2n) is 5.51. The molecule has 7 heteroatoms. The lowest BCUT2D eigenvalue weighted by Gasteiger charge is -2.12. The summed E-state index contributed by atoms with van der Waals surface area (Å²) < 4.78 is 0. The Morgan fingerprint density at radius 2 is 1.81 bits per heavy atom. The summed E-state index contributed by atoms with van der Waals surface area (Å²) in [6, 6.07) is 15.3. The van der Waals surface area contributed by atoms with E-state index in [0.717, 1.165) is 29.5 Å². The van der Waals surface area contributed by atoms with Crippen LogP contribution in [-0.2, 0) is 13.0 Å². The highest BCUT2D eigenvalue weighted by molar-refractivity contribution is 14.0. The fourth-order valence-corrected chi connectivity index (χ4v) is 2.48. The van der Waals surface area contributed by atoms with E-state index in [0.29, 0.717) is 12.1 Å². The van der Waals surface area contributed by atoms with Gasteiger partial charge in [0, 0.05) is 37.8 Å². The average molecular weight is 487 g/mol. The first kappa shape index (κ1) is 22.2. The van der Waals surface area contributed by atoms with Crippen molar-refractivity contribution in [3.63, 3.8) is 0 Å². The van der Waals surface area contributed by atoms with Crippen LogP contribution in [-0.4, -0.2) is 32.5 Å². The molecule has 0 saturated heterocycles. The number of hydrogen-bond acceptors (Lipinski definition) is 2. The van der Waals surface area contributed by atoms with Crippen LogP contribution in [0.5, 0.6) is 0 Å². The molecule has 0 spiro atoms. The minimum atomic E-state index is -0.0904. The van der Waals surface area contributed by atoms with Crippen molar-refractivity contribution < 1.29 is 4.79 Å². The van der Waals surface area contributed by atoms with Crippen LogP contribution in [0.3, 0.4) is 0 Å². The van der Waals surface area contributed by atoms with Crippen LogP contribution in [0.2, 0.25) is 5.02 Å². The molecule has 2 aromatic carbocycles. The van der Waals surface area contributed by atoms with E-state index in [9.17, 15) is 4.79 Å². The van der Waals surface area contributed by atoms with E-state index in [-0.39, 0.29) is 29.9 Å². The lowest BCUT2D eigenvalue weighted by molar-refractivity contribution is 0.0963. The summed E-state index contributed by atoms with van der Waals surface area (Å²) in [5.41, 5.74) is 2.87. The number of benzene rings is 2. The van der Waals surface area contributed by atoms with E-state index in [4.69, 9.17) is 11.6 Å². The molecule has 26 heavy (non-hydrogen) atoms. The van der Waals surface area contributed by atoms with Gasteiger partial charge in [0.1, 0.15) is 0 Å². The van der Waals surface area contributed by atoms with E-state index in [2.05, 4.69) is 20.9 Å². The van der Waals surface area contributed by atoms with Crippen LogP contribution in [0.15, 0.2) is 53.5 Å². The van der Waals surface area contributed by atoms with Gasteiger partial charge < -0.3 is 16.0 Å². The van der Waals surface area contributed by atoms with Crippen molar-refractivity contribution in [2.24, 2.45) is 4.99 Å². The standard InChI is InChI=1S/C19H23ClN4O.HI/c1-21-18(25)16-5-3-4-15(12-16)13-24-19(22-2)23-11-10-14-6-8-17(20)9-7-14;/h3-9,12H,10-11,13H2,1-2H3,(H,21,25)(H2,22,23,24);1H. The molecule has 0 atom stereocenters. The van der Waals surface area contributed by atoms with Crippen LogP contribution < -0.4 is 16.0 Å². The predicted molar refractivity (Wildman–Crippen MR) is 119 cm³/mol. The molecule has 0 heterocycles. The number of aliphatic imine (C=N–C) groups is 1. The summed E-state index contributed by atoms with van der Waals surface area (Å²) in [5.74, 6) is 0.631. The third kappa shape index (κ3) is 7.21. The number of carbonyl (C=O) groups excluding carboxylic acids is 1. The predicted octanol–water partition coefficient (Wildman–Crippen LogP) is 3.23. The SMILES string of the molecule is CN=C(NCCc1ccc(Cl)cc1)NCc1cccc(C(=O)NC)c1.I. The van der Waals surface area contributed by atoms with Gasteiger partial charge in [0.05, 0.1) is 0 Å². The normalized spacial score (nSPS) is 10.7. The van der Waals surface area contributed by atoms with Gasteiger partial charge in [-0.05, 0) is 41.8 Å². The van der Waals surface area contributed by atoms with Crippen molar-refractivity contribution in [2.75, 3.05) is 20.6 Å². The number of hydrogen-bond donors (Lipinski definition) is 3. The molecule has 0 aliphatic carbocycles. The summed E-state index contributed by atoms with van der Waals surface area (Å²) in [5, 5.41) is 9.90. The molecule has 3 N–H and O–H groups in total. The molecule has 0 aliphatic rings. The van der Waals surface area contributed by atoms with Gasteiger partial charge in [-0.25, -0.2) is 0 Å². The third-order valence-electron chi connectivity index (χ3n) is 3.72. The van der Waals surface area contributed by atoms with Gasteiger partial charge in [-0.15, -0.1) is 24.0 Å². The zero-order valence-electron chi connectivity index (χ0n) is 14.9. The number of carbonyl (C=O) groups is 1. The highest BCUT2D eigenvalue weighted by Crippen LogP contribution is 2.09. The van der Waals surface area contributed by atoms with Crippen LogP contribution in [0.25, 0.3) is 0 Å². The quantitative estimate of drug-likeness (QED) is 0.334. The molecule has 5 nitrogen and oxygen atoms in total. The molecular weight excluding hydrogens is 463 g/mol. The van der Waals surface area contributed by atoms with Crippen molar-refractivity contribution >= 4 is 47.4 Å². The number of nitrogens with zero attached hydrogens (tertiary/aromatic N) is 1. The maximum atomic E-state index is 11.7. The van der Waals surface area contributed by atoms with Gasteiger partial charge in [-0.1, -0.05) is 35.9 Å². The van der Waals surface area contributed by atoms with Crippen LogP contribution >= 0.6 is 35.6 Å². The number of rotatable bonds is 6. The Morgan fingerprint density at radius 1 is 1.08 bits per heavy atom. The van der Waals surface area contributed by atoms with Crippen LogP contribution in [0.1, 0.15) is 21.5 Å². The highest BCUT2D eigenvalue weighted by Gasteiger charge is 2.04. The summed E-state index contributed by atoms with van der Waals surface area (Å²) in [7, 11) is 3.36. The Kier molecular flexibility index (Phi) is 10.0. The number of guanidine groups is 1. The fourth-order valence-electron chi connectivity index (χ4n) is 2.35. The second kappa shape index (κ2) is 11.7. The highest BCUT2D eigenvalue weighted by atomic mass is 127. The minimum Gasteiger partial charge on any atom is -0.356 e. The number of nitrogens with one attached hydrogen (secondary N) is 3. The van der Waals surface area contributed by atoms with Gasteiger partial charge in [-0.3, -0.25) is 9.79 Å². The zero-order chi connectivity index (χ0) is 18.1. The third-order valence-corrected chi connectivity index (χ3v) is 3.97. The van der Waals surface area contributed by atoms with Crippen molar-refractivity contribution in [1.82, 2.24) is 16.0 Å². The first-order chi connectivity index (χ1) is 12.1. The first-order valence-electron chi connectivity index (χ1n) is 8.12. The van der Waals surface area contributed by atoms with Gasteiger partial charge in [0.25, 0.3) is 5.91 Å². The maximum absolute atomic E-state index is 11.7. The average Bonchev–Trinajstić information content (AvgIpc) is 2.65. The Morgan fingerprint density at radius 3 is 2.46 bits per heavy atom. The van der Waals surface area contributed by atoms with Crippen molar-refractivity contribution in [3.05, 3.63) is 70.2 Å². The zero-order valence-corrected chi connectivity index (χ0v) is 18.0. The Balaban J connectivity index is 0.00000338. The summed E-state index contributed by atoms with van der Waals surface area (Å²) in [6.07, 6.45) is 0.879. The van der Waals surface area contributed by atoms with Gasteiger partial charge in [0.2, 0.25) is 0 Å². The largest absolute Gasteiger partial charge is 0.356 e. The van der Waals surface area contributed by atoms with Crippen LogP contribution in [0.4, 0.5) is 0 Å². The molecule has 0 bridgehead atoms. The first-order valence-corrected chi connectivity index (χ1v) is 8.50. The molecule has 0 aromatic heterocycles. The molecule has 0 saturated carbocycles. The van der Waals surface area contributed by atoms with Crippen molar-refractivity contribution in [2.45, 2.75) is 13.0 Å². The molecule has 0 aliphatic heterocycles. The van der Waals surface area contributed by atoms with Crippen LogP contribution in [0, 0.1) is 0 Å². The van der Waals surface area contributed by atoms with E-state index in [1.54, 1.807) is 20.2 Å². The Bertz CT molecular complexity index is 735. The smallest absolute Gasteiger partial charge is 0.251 e. The monoisotopic (exact) mass is 486 g/mol. The minimum absolute atomic E-state index is 0. The van der Waals surface area contributed by atoms with Gasteiger partial charge in [-0.2, -0.15) is 0 Å². The van der Waals surface area contributed by atoms with E-state index >= 15 is 0 Å². The second-order valence-corrected chi connectivity index (χ2v) is 5.94. The van der Waals surface area contributed by atoms with Gasteiger partial charge >= 0.3 is 0 Å². The topological polar surface area (TPSA) is 65.5 Å². The Labute approximate surface area is 176 Å². The maximum Gasteiger partial charge on any atom is 0.251 e. The molecule has 0 fully saturated rings. The van der Waals surface area contributed by atoms with Crippen molar-refractivity contribution in [1.29, 1.82) is 0 Å². The van der Waals surface area contributed by atoms with E-state index in [1.165, 1.54) is 5.56 Å². The molecule has 2 aromatic rings. The van der Waals surface area contributed by atoms with E-state index in [1.807, 2.05) is 42.5 Å². The molecular formula is C19H24ClIN4O. The number of amides is 1. The molecule has 2 rings (SSSR count). The summed E-state index contributed by atoms with van der Waals surface area (Å²) in [6.45, 7) is 1.35. The van der Waals surface area contributed by atoms with Crippen molar-refractivity contribution in [3.8, 4) is 0 Å². The molecule has 0 radical (unpaired) electrons. The number of halogens is 2. The summed E-state index contributed by atoms with van der Waals surface area (Å²) in [4.78, 5) is 15.9. The lowest BCUT2D eigenvalue weighted by atomic mass is 10.1. The molecule has 140 valence electrons. The van der Waals surface area contributed by atoms with E-state index < -0.39 is 0 Å². The molecule has 1 amide bonds. The Hall–Kier alpha value is -1.80. The van der Waals surface area contributed by atoms with Gasteiger partial charge in [0.15, 0.2) is 5.96 Å². The fraction of sp³-hybridized carbons (Fsp3) is 0.263. The molecule has 0 unspecified atom stereocenters. The lowest BCUT2D eigenvalue weighted by Crippen LogP contribution is -2.37.